The number of nitrogens with one attached hydrogen (secondary N) is 1. The molecule has 0 radical (unpaired) electrons. The molecule has 4 heteroatoms. The van der Waals surface area contributed by atoms with Gasteiger partial charge in [0.05, 0.1) is 13.2 Å². The van der Waals surface area contributed by atoms with E-state index in [1.165, 1.54) is 9.75 Å². The fourth-order valence-corrected chi connectivity index (χ4v) is 2.65. The maximum atomic E-state index is 5.55. The molecular formula is C12H15NOS2. The number of thiophene rings is 2. The summed E-state index contributed by atoms with van der Waals surface area (Å²) in [4.78, 5) is 2.66. The molecule has 0 atom stereocenters. The third kappa shape index (κ3) is 4.06. The Morgan fingerprint density at radius 1 is 1.06 bits per heavy atom. The minimum Gasteiger partial charge on any atom is -0.375 e. The molecule has 0 aromatic carbocycles. The molecule has 0 aliphatic heterocycles. The van der Waals surface area contributed by atoms with Gasteiger partial charge < -0.3 is 10.1 Å². The molecular weight excluding hydrogens is 238 g/mol. The van der Waals surface area contributed by atoms with Gasteiger partial charge in [0.15, 0.2) is 0 Å². The van der Waals surface area contributed by atoms with Crippen molar-refractivity contribution in [1.29, 1.82) is 0 Å². The molecule has 2 aromatic rings. The summed E-state index contributed by atoms with van der Waals surface area (Å²) >= 11 is 3.52. The van der Waals surface area contributed by atoms with Gasteiger partial charge >= 0.3 is 0 Å². The van der Waals surface area contributed by atoms with Crippen LogP contribution in [-0.4, -0.2) is 13.2 Å². The Labute approximate surface area is 104 Å². The largest absolute Gasteiger partial charge is 0.375 e. The number of rotatable bonds is 7. The highest BCUT2D eigenvalue weighted by molar-refractivity contribution is 7.10. The van der Waals surface area contributed by atoms with Crippen LogP contribution < -0.4 is 5.32 Å². The van der Waals surface area contributed by atoms with Gasteiger partial charge in [-0.1, -0.05) is 12.1 Å². The molecule has 2 heterocycles. The summed E-state index contributed by atoms with van der Waals surface area (Å²) in [5.74, 6) is 0. The van der Waals surface area contributed by atoms with Crippen molar-refractivity contribution in [3.05, 3.63) is 44.8 Å². The summed E-state index contributed by atoms with van der Waals surface area (Å²) in [5, 5.41) is 7.54. The van der Waals surface area contributed by atoms with E-state index < -0.39 is 0 Å². The van der Waals surface area contributed by atoms with Crippen molar-refractivity contribution in [2.75, 3.05) is 13.2 Å². The predicted molar refractivity (Wildman–Crippen MR) is 70.0 cm³/mol. The molecule has 2 aromatic heterocycles. The molecule has 86 valence electrons. The Bertz CT molecular complexity index is 331. The van der Waals surface area contributed by atoms with Crippen LogP contribution in [0.2, 0.25) is 0 Å². The first-order valence-electron chi connectivity index (χ1n) is 5.28. The maximum Gasteiger partial charge on any atom is 0.0809 e. The van der Waals surface area contributed by atoms with E-state index in [4.69, 9.17) is 4.74 Å². The van der Waals surface area contributed by atoms with Gasteiger partial charge in [0.1, 0.15) is 0 Å². The lowest BCUT2D eigenvalue weighted by Gasteiger charge is -2.04. The lowest BCUT2D eigenvalue weighted by Crippen LogP contribution is -2.18. The first-order valence-corrected chi connectivity index (χ1v) is 7.04. The molecule has 0 bridgehead atoms. The fourth-order valence-electron chi connectivity index (χ4n) is 1.34. The molecule has 0 amide bonds. The van der Waals surface area contributed by atoms with E-state index in [1.807, 2.05) is 0 Å². The third-order valence-corrected chi connectivity index (χ3v) is 3.85. The van der Waals surface area contributed by atoms with E-state index >= 15 is 0 Å². The van der Waals surface area contributed by atoms with Crippen LogP contribution in [0, 0.1) is 0 Å². The molecule has 0 unspecified atom stereocenters. The first kappa shape index (κ1) is 11.8. The lowest BCUT2D eigenvalue weighted by atomic mass is 10.4. The Morgan fingerprint density at radius 2 is 1.81 bits per heavy atom. The van der Waals surface area contributed by atoms with Gasteiger partial charge in [0.25, 0.3) is 0 Å². The first-order chi connectivity index (χ1) is 7.95. The van der Waals surface area contributed by atoms with Gasteiger partial charge in [0.2, 0.25) is 0 Å². The van der Waals surface area contributed by atoms with Crippen molar-refractivity contribution in [3.8, 4) is 0 Å². The van der Waals surface area contributed by atoms with Gasteiger partial charge in [-0.3, -0.25) is 0 Å². The summed E-state index contributed by atoms with van der Waals surface area (Å²) in [6, 6.07) is 8.38. The monoisotopic (exact) mass is 253 g/mol. The fraction of sp³-hybridized carbons (Fsp3) is 0.333. The topological polar surface area (TPSA) is 21.3 Å². The standard InChI is InChI=1S/C12H15NOS2/c1-3-11(15-7-1)9-13-5-6-14-10-12-4-2-8-16-12/h1-4,7-8,13H,5-6,9-10H2. The Kier molecular flexibility index (Phi) is 5.02. The van der Waals surface area contributed by atoms with Crippen molar-refractivity contribution in [1.82, 2.24) is 5.32 Å². The Morgan fingerprint density at radius 3 is 2.50 bits per heavy atom. The predicted octanol–water partition coefficient (Wildman–Crippen LogP) is 3.12. The zero-order valence-electron chi connectivity index (χ0n) is 9.02. The van der Waals surface area contributed by atoms with E-state index in [0.717, 1.165) is 26.3 Å². The van der Waals surface area contributed by atoms with E-state index in [2.05, 4.69) is 40.3 Å². The van der Waals surface area contributed by atoms with Crippen molar-refractivity contribution in [3.63, 3.8) is 0 Å². The third-order valence-electron chi connectivity index (χ3n) is 2.13. The number of ether oxygens (including phenoxy) is 1. The second kappa shape index (κ2) is 6.81. The molecule has 0 aliphatic rings. The second-order valence-corrected chi connectivity index (χ2v) is 5.45. The number of hydrogen-bond acceptors (Lipinski definition) is 4. The molecule has 16 heavy (non-hydrogen) atoms. The van der Waals surface area contributed by atoms with Crippen LogP contribution in [-0.2, 0) is 17.9 Å². The summed E-state index contributed by atoms with van der Waals surface area (Å²) in [5.41, 5.74) is 0. The van der Waals surface area contributed by atoms with Crippen LogP contribution in [0.5, 0.6) is 0 Å². The highest BCUT2D eigenvalue weighted by Crippen LogP contribution is 2.09. The Hall–Kier alpha value is -0.680. The van der Waals surface area contributed by atoms with Crippen LogP contribution in [0.1, 0.15) is 9.75 Å². The molecule has 0 saturated heterocycles. The smallest absolute Gasteiger partial charge is 0.0809 e. The second-order valence-electron chi connectivity index (χ2n) is 3.39. The molecule has 0 fully saturated rings. The van der Waals surface area contributed by atoms with Gasteiger partial charge in [-0.15, -0.1) is 22.7 Å². The van der Waals surface area contributed by atoms with E-state index in [0.29, 0.717) is 0 Å². The van der Waals surface area contributed by atoms with Crippen molar-refractivity contribution in [2.24, 2.45) is 0 Å². The molecule has 1 N–H and O–H groups in total. The SMILES string of the molecule is c1csc(CNCCOCc2cccs2)c1. The van der Waals surface area contributed by atoms with Crippen LogP contribution in [0.4, 0.5) is 0 Å². The minimum absolute atomic E-state index is 0.734. The minimum atomic E-state index is 0.734. The molecule has 0 aliphatic carbocycles. The van der Waals surface area contributed by atoms with Crippen molar-refractivity contribution in [2.45, 2.75) is 13.2 Å². The van der Waals surface area contributed by atoms with Crippen molar-refractivity contribution >= 4 is 22.7 Å². The van der Waals surface area contributed by atoms with E-state index in [9.17, 15) is 0 Å². The van der Waals surface area contributed by atoms with Gasteiger partial charge in [-0.25, -0.2) is 0 Å². The maximum absolute atomic E-state index is 5.55. The van der Waals surface area contributed by atoms with E-state index in [-0.39, 0.29) is 0 Å². The van der Waals surface area contributed by atoms with Gasteiger partial charge in [-0.05, 0) is 22.9 Å². The Balaban J connectivity index is 1.49. The highest BCUT2D eigenvalue weighted by atomic mass is 32.1. The van der Waals surface area contributed by atoms with Crippen LogP contribution >= 0.6 is 22.7 Å². The summed E-state index contributed by atoms with van der Waals surface area (Å²) in [6.07, 6.45) is 0. The highest BCUT2D eigenvalue weighted by Gasteiger charge is 1.94. The molecule has 0 saturated carbocycles. The molecule has 2 rings (SSSR count). The molecule has 0 spiro atoms. The van der Waals surface area contributed by atoms with Crippen molar-refractivity contribution < 1.29 is 4.74 Å². The van der Waals surface area contributed by atoms with Crippen LogP contribution in [0.15, 0.2) is 35.0 Å². The lowest BCUT2D eigenvalue weighted by molar-refractivity contribution is 0.124. The van der Waals surface area contributed by atoms with Gasteiger partial charge in [0, 0.05) is 22.8 Å². The summed E-state index contributed by atoms with van der Waals surface area (Å²) < 4.78 is 5.55. The normalized spacial score (nSPS) is 10.8. The quantitative estimate of drug-likeness (QED) is 0.766. The number of hydrogen-bond donors (Lipinski definition) is 1. The van der Waals surface area contributed by atoms with Crippen LogP contribution in [0.3, 0.4) is 0 Å². The van der Waals surface area contributed by atoms with Gasteiger partial charge in [-0.2, -0.15) is 0 Å². The summed E-state index contributed by atoms with van der Waals surface area (Å²) in [7, 11) is 0. The van der Waals surface area contributed by atoms with E-state index in [1.54, 1.807) is 22.7 Å². The zero-order chi connectivity index (χ0) is 11.1. The average Bonchev–Trinajstić information content (AvgIpc) is 2.96. The molecule has 2 nitrogen and oxygen atoms in total. The average molecular weight is 253 g/mol. The van der Waals surface area contributed by atoms with Crippen LogP contribution in [0.25, 0.3) is 0 Å². The zero-order valence-corrected chi connectivity index (χ0v) is 10.7. The summed E-state index contributed by atoms with van der Waals surface area (Å²) in [6.45, 7) is 3.35.